The standard InChI is InChI=1S/C17H20ClN3O2/c18-14-4-1-12(2-5-14)16(19)17(22)13-3-6-15(20-11-13)21-7-9-23-10-8-21/h1-6,11,16-17,22H,7-10,19H2/t16-,17+/m1/s1. The van der Waals surface area contributed by atoms with Gasteiger partial charge in [-0.05, 0) is 23.8 Å². The summed E-state index contributed by atoms with van der Waals surface area (Å²) in [7, 11) is 0. The molecule has 1 saturated heterocycles. The van der Waals surface area contributed by atoms with E-state index in [0.717, 1.165) is 24.5 Å². The van der Waals surface area contributed by atoms with Gasteiger partial charge in [-0.25, -0.2) is 4.98 Å². The molecular weight excluding hydrogens is 314 g/mol. The number of hydrogen-bond donors (Lipinski definition) is 2. The maximum atomic E-state index is 10.5. The van der Waals surface area contributed by atoms with Crippen LogP contribution in [0.15, 0.2) is 42.6 Å². The molecule has 1 aliphatic rings. The van der Waals surface area contributed by atoms with Crippen molar-refractivity contribution in [2.45, 2.75) is 12.1 Å². The second-order valence-corrected chi connectivity index (χ2v) is 6.01. The average Bonchev–Trinajstić information content (AvgIpc) is 2.62. The second kappa shape index (κ2) is 7.27. The molecule has 1 aliphatic heterocycles. The lowest BCUT2D eigenvalue weighted by Crippen LogP contribution is -2.36. The summed E-state index contributed by atoms with van der Waals surface area (Å²) in [6, 6.07) is 10.4. The molecule has 0 spiro atoms. The molecular formula is C17H20ClN3O2. The Morgan fingerprint density at radius 3 is 2.35 bits per heavy atom. The lowest BCUT2D eigenvalue weighted by molar-refractivity contribution is 0.122. The van der Waals surface area contributed by atoms with Gasteiger partial charge in [0.05, 0.1) is 25.4 Å². The fraction of sp³-hybridized carbons (Fsp3) is 0.353. The molecule has 2 atom stereocenters. The topological polar surface area (TPSA) is 71.6 Å². The van der Waals surface area contributed by atoms with E-state index in [9.17, 15) is 5.11 Å². The third-order valence-corrected chi connectivity index (χ3v) is 4.29. The number of aromatic nitrogens is 1. The summed E-state index contributed by atoms with van der Waals surface area (Å²) in [5.74, 6) is 0.893. The number of aliphatic hydroxyl groups is 1. The smallest absolute Gasteiger partial charge is 0.128 e. The minimum absolute atomic E-state index is 0.525. The minimum atomic E-state index is -0.817. The van der Waals surface area contributed by atoms with Crippen LogP contribution in [0.25, 0.3) is 0 Å². The Morgan fingerprint density at radius 2 is 1.74 bits per heavy atom. The molecule has 0 aliphatic carbocycles. The first-order valence-electron chi connectivity index (χ1n) is 7.63. The molecule has 122 valence electrons. The maximum absolute atomic E-state index is 10.5. The van der Waals surface area contributed by atoms with Crippen LogP contribution in [0.2, 0.25) is 5.02 Å². The Hall–Kier alpha value is -1.66. The SMILES string of the molecule is N[C@H](c1ccc(Cl)cc1)[C@@H](O)c1ccc(N2CCOCC2)nc1. The lowest BCUT2D eigenvalue weighted by atomic mass is 9.98. The largest absolute Gasteiger partial charge is 0.386 e. The Bertz CT molecular complexity index is 627. The summed E-state index contributed by atoms with van der Waals surface area (Å²) in [5, 5.41) is 11.1. The quantitative estimate of drug-likeness (QED) is 0.898. The molecule has 5 nitrogen and oxygen atoms in total. The number of nitrogens with two attached hydrogens (primary N) is 1. The molecule has 1 aromatic heterocycles. The second-order valence-electron chi connectivity index (χ2n) is 5.57. The van der Waals surface area contributed by atoms with Crippen LogP contribution in [0, 0.1) is 0 Å². The van der Waals surface area contributed by atoms with Crippen molar-refractivity contribution in [2.24, 2.45) is 5.73 Å². The summed E-state index contributed by atoms with van der Waals surface area (Å²) < 4.78 is 5.34. The van der Waals surface area contributed by atoms with E-state index in [0.29, 0.717) is 23.8 Å². The van der Waals surface area contributed by atoms with Gasteiger partial charge in [0.25, 0.3) is 0 Å². The molecule has 0 radical (unpaired) electrons. The van der Waals surface area contributed by atoms with Crippen molar-refractivity contribution in [3.8, 4) is 0 Å². The van der Waals surface area contributed by atoms with Crippen molar-refractivity contribution >= 4 is 17.4 Å². The highest BCUT2D eigenvalue weighted by Crippen LogP contribution is 2.28. The van der Waals surface area contributed by atoms with Crippen LogP contribution >= 0.6 is 11.6 Å². The van der Waals surface area contributed by atoms with Crippen LogP contribution in [0.5, 0.6) is 0 Å². The number of halogens is 1. The van der Waals surface area contributed by atoms with Crippen molar-refractivity contribution in [1.29, 1.82) is 0 Å². The highest BCUT2D eigenvalue weighted by Gasteiger charge is 2.20. The van der Waals surface area contributed by atoms with Crippen molar-refractivity contribution in [3.63, 3.8) is 0 Å². The van der Waals surface area contributed by atoms with Gasteiger partial charge in [-0.3, -0.25) is 0 Å². The lowest BCUT2D eigenvalue weighted by Gasteiger charge is -2.28. The molecule has 2 aromatic rings. The molecule has 0 saturated carbocycles. The predicted octanol–water partition coefficient (Wildman–Crippen LogP) is 2.31. The Kier molecular flexibility index (Phi) is 5.13. The predicted molar refractivity (Wildman–Crippen MR) is 90.6 cm³/mol. The van der Waals surface area contributed by atoms with Crippen LogP contribution in [0.3, 0.4) is 0 Å². The normalized spacial score (nSPS) is 17.8. The highest BCUT2D eigenvalue weighted by atomic mass is 35.5. The van der Waals surface area contributed by atoms with Gasteiger partial charge in [0, 0.05) is 29.9 Å². The van der Waals surface area contributed by atoms with Crippen LogP contribution in [0.4, 0.5) is 5.82 Å². The highest BCUT2D eigenvalue weighted by molar-refractivity contribution is 6.30. The molecule has 0 unspecified atom stereocenters. The number of benzene rings is 1. The number of pyridine rings is 1. The summed E-state index contributed by atoms with van der Waals surface area (Å²) in [5.41, 5.74) is 7.68. The molecule has 1 fully saturated rings. The van der Waals surface area contributed by atoms with Crippen molar-refractivity contribution in [2.75, 3.05) is 31.2 Å². The summed E-state index contributed by atoms with van der Waals surface area (Å²) >= 11 is 5.88. The van der Waals surface area contributed by atoms with Crippen LogP contribution < -0.4 is 10.6 Å². The third kappa shape index (κ3) is 3.82. The summed E-state index contributed by atoms with van der Waals surface area (Å²) in [6.45, 7) is 3.10. The number of hydrogen-bond acceptors (Lipinski definition) is 5. The van der Waals surface area contributed by atoms with E-state index in [4.69, 9.17) is 22.1 Å². The van der Waals surface area contributed by atoms with Gasteiger partial charge in [0.15, 0.2) is 0 Å². The Labute approximate surface area is 140 Å². The number of morpholine rings is 1. The van der Waals surface area contributed by atoms with Crippen LogP contribution in [-0.4, -0.2) is 36.4 Å². The Balaban J connectivity index is 1.71. The molecule has 0 bridgehead atoms. The number of nitrogens with zero attached hydrogens (tertiary/aromatic N) is 2. The van der Waals surface area contributed by atoms with Crippen LogP contribution in [-0.2, 0) is 4.74 Å². The zero-order valence-corrected chi connectivity index (χ0v) is 13.5. The van der Waals surface area contributed by atoms with E-state index < -0.39 is 12.1 Å². The van der Waals surface area contributed by atoms with Gasteiger partial charge in [0.2, 0.25) is 0 Å². The maximum Gasteiger partial charge on any atom is 0.128 e. The summed E-state index contributed by atoms with van der Waals surface area (Å²) in [4.78, 5) is 6.61. The molecule has 23 heavy (non-hydrogen) atoms. The van der Waals surface area contributed by atoms with E-state index >= 15 is 0 Å². The first kappa shape index (κ1) is 16.2. The van der Waals surface area contributed by atoms with Crippen molar-refractivity contribution in [1.82, 2.24) is 4.98 Å². The molecule has 2 heterocycles. The average molecular weight is 334 g/mol. The number of aliphatic hydroxyl groups excluding tert-OH is 1. The number of anilines is 1. The van der Waals surface area contributed by atoms with Crippen molar-refractivity contribution < 1.29 is 9.84 Å². The zero-order chi connectivity index (χ0) is 16.2. The van der Waals surface area contributed by atoms with Gasteiger partial charge in [0.1, 0.15) is 5.82 Å². The molecule has 1 aromatic carbocycles. The van der Waals surface area contributed by atoms with Gasteiger partial charge >= 0.3 is 0 Å². The Morgan fingerprint density at radius 1 is 1.09 bits per heavy atom. The van der Waals surface area contributed by atoms with Gasteiger partial charge in [-0.15, -0.1) is 0 Å². The monoisotopic (exact) mass is 333 g/mol. The first-order chi connectivity index (χ1) is 11.1. The van der Waals surface area contributed by atoms with E-state index in [1.54, 1.807) is 18.3 Å². The fourth-order valence-corrected chi connectivity index (χ4v) is 2.75. The molecule has 3 rings (SSSR count). The van der Waals surface area contributed by atoms with Crippen LogP contribution in [0.1, 0.15) is 23.3 Å². The van der Waals surface area contributed by atoms with E-state index in [1.807, 2.05) is 24.3 Å². The minimum Gasteiger partial charge on any atom is -0.386 e. The van der Waals surface area contributed by atoms with E-state index in [-0.39, 0.29) is 0 Å². The molecule has 0 amide bonds. The van der Waals surface area contributed by atoms with Gasteiger partial charge in [-0.1, -0.05) is 29.8 Å². The van der Waals surface area contributed by atoms with Gasteiger partial charge in [-0.2, -0.15) is 0 Å². The molecule has 3 N–H and O–H groups in total. The fourth-order valence-electron chi connectivity index (χ4n) is 2.63. The third-order valence-electron chi connectivity index (χ3n) is 4.04. The van der Waals surface area contributed by atoms with Gasteiger partial charge < -0.3 is 20.5 Å². The zero-order valence-electron chi connectivity index (χ0n) is 12.7. The van der Waals surface area contributed by atoms with E-state index in [1.165, 1.54) is 0 Å². The number of rotatable bonds is 4. The molecule has 6 heteroatoms. The number of ether oxygens (including phenoxy) is 1. The summed E-state index contributed by atoms with van der Waals surface area (Å²) in [6.07, 6.45) is 0.869. The van der Waals surface area contributed by atoms with Crippen molar-refractivity contribution in [3.05, 3.63) is 58.7 Å². The van der Waals surface area contributed by atoms with E-state index in [2.05, 4.69) is 9.88 Å². The first-order valence-corrected chi connectivity index (χ1v) is 8.01.